The van der Waals surface area contributed by atoms with Crippen LogP contribution in [0.1, 0.15) is 29.5 Å². The Labute approximate surface area is 174 Å². The minimum absolute atomic E-state index is 0.0401. The zero-order chi connectivity index (χ0) is 20.6. The summed E-state index contributed by atoms with van der Waals surface area (Å²) in [6, 6.07) is 18.0. The molecule has 5 nitrogen and oxygen atoms in total. The van der Waals surface area contributed by atoms with E-state index >= 15 is 0 Å². The third-order valence-corrected chi connectivity index (χ3v) is 5.85. The molecular formula is C23H26N2O3S. The highest BCUT2D eigenvalue weighted by Gasteiger charge is 2.16. The van der Waals surface area contributed by atoms with Gasteiger partial charge in [0.1, 0.15) is 11.5 Å². The Hall–Kier alpha value is -2.73. The van der Waals surface area contributed by atoms with Crippen LogP contribution in [0.2, 0.25) is 0 Å². The summed E-state index contributed by atoms with van der Waals surface area (Å²) in [5.74, 6) is 1.11. The van der Waals surface area contributed by atoms with Gasteiger partial charge in [0, 0.05) is 22.9 Å². The summed E-state index contributed by atoms with van der Waals surface area (Å²) < 4.78 is 18.2. The van der Waals surface area contributed by atoms with Gasteiger partial charge in [-0.2, -0.15) is 0 Å². The van der Waals surface area contributed by atoms with Crippen molar-refractivity contribution in [1.29, 1.82) is 0 Å². The second-order valence-corrected chi connectivity index (χ2v) is 8.34. The van der Waals surface area contributed by atoms with Crippen molar-refractivity contribution in [2.24, 2.45) is 0 Å². The van der Waals surface area contributed by atoms with Crippen LogP contribution in [0, 0.1) is 6.92 Å². The molecule has 2 aromatic carbocycles. The van der Waals surface area contributed by atoms with E-state index in [1.807, 2.05) is 61.5 Å². The van der Waals surface area contributed by atoms with Crippen molar-refractivity contribution in [3.8, 4) is 11.5 Å². The lowest BCUT2D eigenvalue weighted by Crippen LogP contribution is -2.30. The maximum Gasteiger partial charge on any atom is 0.232 e. The van der Waals surface area contributed by atoms with Gasteiger partial charge < -0.3 is 9.73 Å². The summed E-state index contributed by atoms with van der Waals surface area (Å²) in [6.07, 6.45) is 1.73. The van der Waals surface area contributed by atoms with Crippen molar-refractivity contribution in [3.63, 3.8) is 0 Å². The largest absolute Gasteiger partial charge is 0.441 e. The maximum atomic E-state index is 12.4. The van der Waals surface area contributed by atoms with Crippen molar-refractivity contribution in [2.45, 2.75) is 32.4 Å². The first-order valence-electron chi connectivity index (χ1n) is 9.76. The SMILES string of the molecule is CCc1ccc(-c2nc(C[S@](=O)CC(=O)NCCc3ccccc3)c(C)o2)cc1. The summed E-state index contributed by atoms with van der Waals surface area (Å²) in [4.78, 5) is 16.6. The fourth-order valence-corrected chi connectivity index (χ4v) is 4.03. The third-order valence-electron chi connectivity index (χ3n) is 4.67. The van der Waals surface area contributed by atoms with E-state index < -0.39 is 10.8 Å². The Kier molecular flexibility index (Phi) is 7.36. The lowest BCUT2D eigenvalue weighted by molar-refractivity contribution is -0.118. The zero-order valence-corrected chi connectivity index (χ0v) is 17.6. The van der Waals surface area contributed by atoms with Gasteiger partial charge in [-0.3, -0.25) is 9.00 Å². The Morgan fingerprint density at radius 3 is 2.48 bits per heavy atom. The Bertz CT molecular complexity index is 966. The van der Waals surface area contributed by atoms with E-state index in [4.69, 9.17) is 4.42 Å². The molecule has 1 atom stereocenters. The molecule has 1 aromatic heterocycles. The predicted molar refractivity (Wildman–Crippen MR) is 116 cm³/mol. The number of hydrogen-bond acceptors (Lipinski definition) is 4. The monoisotopic (exact) mass is 410 g/mol. The molecule has 6 heteroatoms. The lowest BCUT2D eigenvalue weighted by Gasteiger charge is -2.05. The number of hydrogen-bond donors (Lipinski definition) is 1. The number of aryl methyl sites for hydroxylation is 2. The Morgan fingerprint density at radius 2 is 1.79 bits per heavy atom. The second-order valence-electron chi connectivity index (χ2n) is 6.89. The minimum Gasteiger partial charge on any atom is -0.441 e. The minimum atomic E-state index is -1.34. The molecule has 29 heavy (non-hydrogen) atoms. The van der Waals surface area contributed by atoms with Gasteiger partial charge in [0.2, 0.25) is 11.8 Å². The van der Waals surface area contributed by atoms with Crippen LogP contribution < -0.4 is 5.32 Å². The fraction of sp³-hybridized carbons (Fsp3) is 0.304. The molecule has 0 aliphatic rings. The molecule has 0 spiro atoms. The van der Waals surface area contributed by atoms with E-state index in [1.165, 1.54) is 5.56 Å². The highest BCUT2D eigenvalue weighted by atomic mass is 32.2. The van der Waals surface area contributed by atoms with Crippen LogP contribution in [0.25, 0.3) is 11.5 Å². The Morgan fingerprint density at radius 1 is 1.07 bits per heavy atom. The number of aromatic nitrogens is 1. The highest BCUT2D eigenvalue weighted by Crippen LogP contribution is 2.23. The molecule has 0 aliphatic carbocycles. The number of benzene rings is 2. The van der Waals surface area contributed by atoms with E-state index in [0.717, 1.165) is 24.0 Å². The molecule has 0 saturated heterocycles. The summed E-state index contributed by atoms with van der Waals surface area (Å²) in [6.45, 7) is 4.44. The standard InChI is InChI=1S/C23H26N2O3S/c1-3-18-9-11-20(12-10-18)23-25-21(17(2)28-23)15-29(27)16-22(26)24-14-13-19-7-5-4-6-8-19/h4-12H,3,13-16H2,1-2H3,(H,24,26)/t29-/m0/s1. The van der Waals surface area contributed by atoms with Crippen LogP contribution in [0.5, 0.6) is 0 Å². The molecule has 0 saturated carbocycles. The normalized spacial score (nSPS) is 11.9. The number of carbonyl (C=O) groups is 1. The van der Waals surface area contributed by atoms with E-state index in [-0.39, 0.29) is 17.4 Å². The molecule has 3 rings (SSSR count). The smallest absolute Gasteiger partial charge is 0.232 e. The number of carbonyl (C=O) groups excluding carboxylic acids is 1. The molecule has 0 bridgehead atoms. The first-order valence-corrected chi connectivity index (χ1v) is 11.2. The number of nitrogens with one attached hydrogen (secondary N) is 1. The Balaban J connectivity index is 1.50. The first-order chi connectivity index (χ1) is 14.0. The molecule has 1 N–H and O–H groups in total. The van der Waals surface area contributed by atoms with E-state index in [2.05, 4.69) is 17.2 Å². The highest BCUT2D eigenvalue weighted by molar-refractivity contribution is 7.84. The van der Waals surface area contributed by atoms with Crippen molar-refractivity contribution in [3.05, 3.63) is 77.2 Å². The number of rotatable bonds is 9. The topological polar surface area (TPSA) is 72.2 Å². The average Bonchev–Trinajstić information content (AvgIpc) is 3.09. The van der Waals surface area contributed by atoms with Crippen LogP contribution in [0.15, 0.2) is 59.0 Å². The summed E-state index contributed by atoms with van der Waals surface area (Å²) in [5, 5.41) is 2.83. The molecular weight excluding hydrogens is 384 g/mol. The maximum absolute atomic E-state index is 12.4. The average molecular weight is 411 g/mol. The number of nitrogens with zero attached hydrogens (tertiary/aromatic N) is 1. The van der Waals surface area contributed by atoms with Crippen molar-refractivity contribution < 1.29 is 13.4 Å². The van der Waals surface area contributed by atoms with Gasteiger partial charge in [-0.15, -0.1) is 0 Å². The third kappa shape index (κ3) is 6.12. The van der Waals surface area contributed by atoms with E-state index in [0.29, 0.717) is 23.9 Å². The molecule has 3 aromatic rings. The van der Waals surface area contributed by atoms with Gasteiger partial charge in [-0.05, 0) is 43.0 Å². The van der Waals surface area contributed by atoms with Crippen molar-refractivity contribution >= 4 is 16.7 Å². The van der Waals surface area contributed by atoms with E-state index in [1.54, 1.807) is 0 Å². The molecule has 1 amide bonds. The summed E-state index contributed by atoms with van der Waals surface area (Å²) in [7, 11) is -1.34. The molecule has 0 fully saturated rings. The van der Waals surface area contributed by atoms with E-state index in [9.17, 15) is 9.00 Å². The molecule has 0 aliphatic heterocycles. The first kappa shape index (κ1) is 21.0. The molecule has 0 unspecified atom stereocenters. The number of oxazole rings is 1. The van der Waals surface area contributed by atoms with Gasteiger partial charge in [0.25, 0.3) is 0 Å². The van der Waals surface area contributed by atoms with Gasteiger partial charge in [0.15, 0.2) is 0 Å². The van der Waals surface area contributed by atoms with Crippen LogP contribution >= 0.6 is 0 Å². The quantitative estimate of drug-likeness (QED) is 0.582. The van der Waals surface area contributed by atoms with Crippen LogP contribution in [0.4, 0.5) is 0 Å². The van der Waals surface area contributed by atoms with Gasteiger partial charge in [-0.1, -0.05) is 49.4 Å². The fourth-order valence-electron chi connectivity index (χ4n) is 2.96. The molecule has 0 radical (unpaired) electrons. The summed E-state index contributed by atoms with van der Waals surface area (Å²) >= 11 is 0. The lowest BCUT2D eigenvalue weighted by atomic mass is 10.1. The van der Waals surface area contributed by atoms with Gasteiger partial charge >= 0.3 is 0 Å². The zero-order valence-electron chi connectivity index (χ0n) is 16.8. The van der Waals surface area contributed by atoms with Crippen molar-refractivity contribution in [1.82, 2.24) is 10.3 Å². The predicted octanol–water partition coefficient (Wildman–Crippen LogP) is 3.82. The van der Waals surface area contributed by atoms with Crippen LogP contribution in [-0.4, -0.2) is 27.4 Å². The summed E-state index contributed by atoms with van der Waals surface area (Å²) in [5.41, 5.74) is 3.93. The van der Waals surface area contributed by atoms with Crippen LogP contribution in [-0.2, 0) is 34.2 Å². The second kappa shape index (κ2) is 10.2. The van der Waals surface area contributed by atoms with Gasteiger partial charge in [0.05, 0.1) is 11.4 Å². The van der Waals surface area contributed by atoms with Crippen molar-refractivity contribution in [2.75, 3.05) is 12.3 Å². The van der Waals surface area contributed by atoms with Crippen LogP contribution in [0.3, 0.4) is 0 Å². The number of amides is 1. The molecule has 152 valence electrons. The molecule has 1 heterocycles. The van der Waals surface area contributed by atoms with Gasteiger partial charge in [-0.25, -0.2) is 4.98 Å².